The summed E-state index contributed by atoms with van der Waals surface area (Å²) >= 11 is 0. The number of rotatable bonds is 3. The Morgan fingerprint density at radius 2 is 1.90 bits per heavy atom. The van der Waals surface area contributed by atoms with Gasteiger partial charge in [-0.25, -0.2) is 4.39 Å². The third kappa shape index (κ3) is 2.27. The molecule has 0 radical (unpaired) electrons. The average Bonchev–Trinajstić information content (AvgIpc) is 2.43. The van der Waals surface area contributed by atoms with Crippen molar-refractivity contribution in [2.75, 3.05) is 6.54 Å². The number of nitrogens with one attached hydrogen (secondary N) is 1. The van der Waals surface area contributed by atoms with Gasteiger partial charge in [0.15, 0.2) is 0 Å². The van der Waals surface area contributed by atoms with Crippen LogP contribution in [0.1, 0.15) is 29.6 Å². The van der Waals surface area contributed by atoms with E-state index >= 15 is 0 Å². The SMILES string of the molecule is O=C(NCC1(O)CCC1)c1ccc(F)c2ccccc12. The van der Waals surface area contributed by atoms with E-state index in [0.717, 1.165) is 19.3 Å². The van der Waals surface area contributed by atoms with Crippen molar-refractivity contribution in [1.29, 1.82) is 0 Å². The summed E-state index contributed by atoms with van der Waals surface area (Å²) in [6.45, 7) is 0.248. The van der Waals surface area contributed by atoms with E-state index in [1.165, 1.54) is 12.1 Å². The lowest BCUT2D eigenvalue weighted by Crippen LogP contribution is -2.47. The van der Waals surface area contributed by atoms with Crippen molar-refractivity contribution in [3.05, 3.63) is 47.8 Å². The highest BCUT2D eigenvalue weighted by Gasteiger charge is 2.34. The van der Waals surface area contributed by atoms with Crippen molar-refractivity contribution in [1.82, 2.24) is 5.32 Å². The van der Waals surface area contributed by atoms with Crippen molar-refractivity contribution in [2.24, 2.45) is 0 Å². The van der Waals surface area contributed by atoms with Gasteiger partial charge in [-0.15, -0.1) is 0 Å². The molecule has 4 heteroatoms. The van der Waals surface area contributed by atoms with Crippen molar-refractivity contribution in [2.45, 2.75) is 24.9 Å². The Balaban J connectivity index is 1.86. The summed E-state index contributed by atoms with van der Waals surface area (Å²) in [5, 5.41) is 13.8. The molecule has 3 rings (SSSR count). The molecule has 2 aromatic rings. The Kier molecular flexibility index (Phi) is 3.18. The summed E-state index contributed by atoms with van der Waals surface area (Å²) in [6, 6.07) is 9.68. The highest BCUT2D eigenvalue weighted by Crippen LogP contribution is 2.30. The molecule has 0 aromatic heterocycles. The number of hydrogen-bond acceptors (Lipinski definition) is 2. The zero-order chi connectivity index (χ0) is 14.2. The van der Waals surface area contributed by atoms with Crippen molar-refractivity contribution in [3.8, 4) is 0 Å². The lowest BCUT2D eigenvalue weighted by atomic mass is 9.80. The Hall–Kier alpha value is -1.94. The maximum Gasteiger partial charge on any atom is 0.252 e. The normalized spacial score (nSPS) is 16.7. The van der Waals surface area contributed by atoms with Crippen LogP contribution in [0.5, 0.6) is 0 Å². The van der Waals surface area contributed by atoms with Gasteiger partial charge in [-0.2, -0.15) is 0 Å². The smallest absolute Gasteiger partial charge is 0.252 e. The van der Waals surface area contributed by atoms with Crippen LogP contribution >= 0.6 is 0 Å². The molecule has 0 saturated heterocycles. The predicted octanol–water partition coefficient (Wildman–Crippen LogP) is 2.62. The van der Waals surface area contributed by atoms with E-state index in [4.69, 9.17) is 0 Å². The summed E-state index contributed by atoms with van der Waals surface area (Å²) in [6.07, 6.45) is 2.43. The lowest BCUT2D eigenvalue weighted by molar-refractivity contribution is -0.0300. The van der Waals surface area contributed by atoms with Crippen LogP contribution in [-0.4, -0.2) is 23.2 Å². The lowest BCUT2D eigenvalue weighted by Gasteiger charge is -2.36. The molecule has 1 aliphatic rings. The molecule has 0 bridgehead atoms. The van der Waals surface area contributed by atoms with Crippen LogP contribution in [0.15, 0.2) is 36.4 Å². The summed E-state index contributed by atoms with van der Waals surface area (Å²) in [5.41, 5.74) is -0.323. The molecule has 0 heterocycles. The molecule has 0 unspecified atom stereocenters. The van der Waals surface area contributed by atoms with Crippen molar-refractivity contribution >= 4 is 16.7 Å². The third-order valence-corrected chi connectivity index (χ3v) is 3.98. The first-order chi connectivity index (χ1) is 9.59. The number of hydrogen-bond donors (Lipinski definition) is 2. The molecule has 1 fully saturated rings. The second-order valence-corrected chi connectivity index (χ2v) is 5.40. The molecule has 2 N–H and O–H groups in total. The largest absolute Gasteiger partial charge is 0.388 e. The molecular formula is C16H16FNO2. The first-order valence-corrected chi connectivity index (χ1v) is 6.77. The molecule has 104 valence electrons. The van der Waals surface area contributed by atoms with E-state index in [-0.39, 0.29) is 18.3 Å². The zero-order valence-electron chi connectivity index (χ0n) is 11.0. The van der Waals surface area contributed by atoms with Crippen LogP contribution in [0.25, 0.3) is 10.8 Å². The van der Waals surface area contributed by atoms with Gasteiger partial charge in [-0.3, -0.25) is 4.79 Å². The highest BCUT2D eigenvalue weighted by molar-refractivity contribution is 6.07. The molecule has 0 spiro atoms. The second kappa shape index (κ2) is 4.87. The fourth-order valence-corrected chi connectivity index (χ4v) is 2.56. The van der Waals surface area contributed by atoms with Crippen LogP contribution in [0.3, 0.4) is 0 Å². The number of fused-ring (bicyclic) bond motifs is 1. The second-order valence-electron chi connectivity index (χ2n) is 5.40. The number of halogens is 1. The van der Waals surface area contributed by atoms with Crippen molar-refractivity contribution in [3.63, 3.8) is 0 Å². The topological polar surface area (TPSA) is 49.3 Å². The maximum absolute atomic E-state index is 13.7. The highest BCUT2D eigenvalue weighted by atomic mass is 19.1. The van der Waals surface area contributed by atoms with E-state index in [2.05, 4.69) is 5.32 Å². The molecule has 0 atom stereocenters. The molecule has 20 heavy (non-hydrogen) atoms. The van der Waals surface area contributed by atoms with Gasteiger partial charge in [0.1, 0.15) is 5.82 Å². The third-order valence-electron chi connectivity index (χ3n) is 3.98. The minimum atomic E-state index is -0.758. The van der Waals surface area contributed by atoms with Gasteiger partial charge in [-0.1, -0.05) is 24.3 Å². The van der Waals surface area contributed by atoms with Crippen LogP contribution in [-0.2, 0) is 0 Å². The summed E-state index contributed by atoms with van der Waals surface area (Å²) in [7, 11) is 0. The van der Waals surface area contributed by atoms with E-state index in [0.29, 0.717) is 16.3 Å². The van der Waals surface area contributed by atoms with E-state index in [1.807, 2.05) is 0 Å². The quantitative estimate of drug-likeness (QED) is 0.903. The first-order valence-electron chi connectivity index (χ1n) is 6.77. The van der Waals surface area contributed by atoms with Gasteiger partial charge < -0.3 is 10.4 Å². The predicted molar refractivity (Wildman–Crippen MR) is 75.0 cm³/mol. The standard InChI is InChI=1S/C16H16FNO2/c17-14-7-6-13(11-4-1-2-5-12(11)14)15(19)18-10-16(20)8-3-9-16/h1-2,4-7,20H,3,8-10H2,(H,18,19). The monoisotopic (exact) mass is 273 g/mol. The Bertz CT molecular complexity index is 665. The number of benzene rings is 2. The number of carbonyl (C=O) groups is 1. The molecule has 1 saturated carbocycles. The van der Waals surface area contributed by atoms with Gasteiger partial charge in [0.2, 0.25) is 0 Å². The fourth-order valence-electron chi connectivity index (χ4n) is 2.56. The van der Waals surface area contributed by atoms with Gasteiger partial charge in [0.05, 0.1) is 5.60 Å². The van der Waals surface area contributed by atoms with E-state index < -0.39 is 5.60 Å². The van der Waals surface area contributed by atoms with Gasteiger partial charge >= 0.3 is 0 Å². The van der Waals surface area contributed by atoms with Crippen LogP contribution in [0.4, 0.5) is 4.39 Å². The summed E-state index contributed by atoms with van der Waals surface area (Å²) in [4.78, 5) is 12.2. The van der Waals surface area contributed by atoms with Gasteiger partial charge in [0, 0.05) is 17.5 Å². The van der Waals surface area contributed by atoms with Gasteiger partial charge in [-0.05, 0) is 36.8 Å². The molecule has 2 aromatic carbocycles. The maximum atomic E-state index is 13.7. The van der Waals surface area contributed by atoms with Gasteiger partial charge in [0.25, 0.3) is 5.91 Å². The summed E-state index contributed by atoms with van der Waals surface area (Å²) < 4.78 is 13.7. The molecular weight excluding hydrogens is 257 g/mol. The Labute approximate surface area is 116 Å². The Morgan fingerprint density at radius 1 is 1.20 bits per heavy atom. The van der Waals surface area contributed by atoms with E-state index in [1.54, 1.807) is 24.3 Å². The molecule has 1 amide bonds. The zero-order valence-corrected chi connectivity index (χ0v) is 11.0. The minimum Gasteiger partial charge on any atom is -0.388 e. The molecule has 3 nitrogen and oxygen atoms in total. The number of aliphatic hydroxyl groups is 1. The fraction of sp³-hybridized carbons (Fsp3) is 0.312. The minimum absolute atomic E-state index is 0.248. The molecule has 1 aliphatic carbocycles. The van der Waals surface area contributed by atoms with Crippen LogP contribution < -0.4 is 5.32 Å². The average molecular weight is 273 g/mol. The number of amides is 1. The van der Waals surface area contributed by atoms with Crippen molar-refractivity contribution < 1.29 is 14.3 Å². The summed E-state index contributed by atoms with van der Waals surface area (Å²) in [5.74, 6) is -0.615. The van der Waals surface area contributed by atoms with Crippen LogP contribution in [0, 0.1) is 5.82 Å². The first kappa shape index (κ1) is 13.1. The molecule has 0 aliphatic heterocycles. The van der Waals surface area contributed by atoms with Crippen LogP contribution in [0.2, 0.25) is 0 Å². The number of carbonyl (C=O) groups excluding carboxylic acids is 1. The van der Waals surface area contributed by atoms with E-state index in [9.17, 15) is 14.3 Å². The Morgan fingerprint density at radius 3 is 2.55 bits per heavy atom.